The fourth-order valence-electron chi connectivity index (χ4n) is 1.83. The standard InChI is InChI=1S/C9H16N2OS/c12-13-6-3-8(4-7-13)11-9-2-1-5-10-9/h8H,1-7H2,(H,10,11). The third-order valence-corrected chi connectivity index (χ3v) is 4.02. The van der Waals surface area contributed by atoms with Crippen LogP contribution in [0.3, 0.4) is 0 Å². The van der Waals surface area contributed by atoms with Gasteiger partial charge in [0, 0.05) is 41.3 Å². The van der Waals surface area contributed by atoms with Crippen LogP contribution in [-0.4, -0.2) is 34.1 Å². The van der Waals surface area contributed by atoms with Gasteiger partial charge in [-0.3, -0.25) is 9.20 Å². The van der Waals surface area contributed by atoms with Crippen LogP contribution >= 0.6 is 0 Å². The van der Waals surface area contributed by atoms with Crippen molar-refractivity contribution in [3.63, 3.8) is 0 Å². The van der Waals surface area contributed by atoms with E-state index in [1.54, 1.807) is 0 Å². The van der Waals surface area contributed by atoms with E-state index in [1.165, 1.54) is 12.3 Å². The van der Waals surface area contributed by atoms with Crippen LogP contribution < -0.4 is 5.32 Å². The largest absolute Gasteiger partial charge is 0.371 e. The van der Waals surface area contributed by atoms with Crippen LogP contribution in [0.25, 0.3) is 0 Å². The normalized spacial score (nSPS) is 34.3. The van der Waals surface area contributed by atoms with Crippen molar-refractivity contribution in [2.75, 3.05) is 18.1 Å². The minimum atomic E-state index is -0.544. The van der Waals surface area contributed by atoms with Gasteiger partial charge in [-0.15, -0.1) is 0 Å². The molecule has 2 aliphatic heterocycles. The molecule has 0 aromatic rings. The summed E-state index contributed by atoms with van der Waals surface area (Å²) in [5.74, 6) is 2.91. The summed E-state index contributed by atoms with van der Waals surface area (Å²) in [4.78, 5) is 4.38. The van der Waals surface area contributed by atoms with Gasteiger partial charge in [-0.25, -0.2) is 0 Å². The Morgan fingerprint density at radius 3 is 2.77 bits per heavy atom. The maximum absolute atomic E-state index is 11.1. The summed E-state index contributed by atoms with van der Waals surface area (Å²) in [7, 11) is -0.544. The lowest BCUT2D eigenvalue weighted by Gasteiger charge is -2.23. The summed E-state index contributed by atoms with van der Waals surface area (Å²) >= 11 is 0. The highest BCUT2D eigenvalue weighted by Crippen LogP contribution is 2.11. The molecule has 0 saturated carbocycles. The summed E-state index contributed by atoms with van der Waals surface area (Å²) in [6.07, 6.45) is 4.40. The van der Waals surface area contributed by atoms with Gasteiger partial charge in [0.05, 0.1) is 5.84 Å². The molecule has 3 nitrogen and oxygen atoms in total. The molecule has 0 amide bonds. The van der Waals surface area contributed by atoms with Gasteiger partial charge >= 0.3 is 0 Å². The molecule has 0 atom stereocenters. The third-order valence-electron chi connectivity index (χ3n) is 2.63. The van der Waals surface area contributed by atoms with Crippen molar-refractivity contribution in [3.8, 4) is 0 Å². The number of nitrogens with zero attached hydrogens (tertiary/aromatic N) is 1. The van der Waals surface area contributed by atoms with Gasteiger partial charge in [0.15, 0.2) is 0 Å². The number of rotatable bonds is 1. The second kappa shape index (κ2) is 4.22. The highest BCUT2D eigenvalue weighted by atomic mass is 32.2. The number of aliphatic imine (C=N–C) groups is 1. The van der Waals surface area contributed by atoms with Crippen LogP contribution in [0.2, 0.25) is 0 Å². The third kappa shape index (κ3) is 2.53. The summed E-state index contributed by atoms with van der Waals surface area (Å²) < 4.78 is 11.1. The lowest BCUT2D eigenvalue weighted by molar-refractivity contribution is 0.549. The van der Waals surface area contributed by atoms with E-state index in [4.69, 9.17) is 0 Å². The first-order valence-electron chi connectivity index (χ1n) is 4.99. The van der Waals surface area contributed by atoms with Gasteiger partial charge in [0.2, 0.25) is 0 Å². The molecule has 1 saturated heterocycles. The van der Waals surface area contributed by atoms with E-state index in [1.807, 2.05) is 0 Å². The lowest BCUT2D eigenvalue weighted by atomic mass is 10.1. The van der Waals surface area contributed by atoms with Gasteiger partial charge in [-0.05, 0) is 19.3 Å². The smallest absolute Gasteiger partial charge is 0.0965 e. The van der Waals surface area contributed by atoms with Crippen LogP contribution in [0.5, 0.6) is 0 Å². The van der Waals surface area contributed by atoms with Crippen molar-refractivity contribution in [2.45, 2.75) is 31.7 Å². The van der Waals surface area contributed by atoms with Gasteiger partial charge in [-0.2, -0.15) is 0 Å². The van der Waals surface area contributed by atoms with Crippen molar-refractivity contribution in [1.82, 2.24) is 5.32 Å². The van der Waals surface area contributed by atoms with E-state index in [9.17, 15) is 4.21 Å². The summed E-state index contributed by atoms with van der Waals surface area (Å²) in [6, 6.07) is 0.537. The van der Waals surface area contributed by atoms with E-state index >= 15 is 0 Å². The van der Waals surface area contributed by atoms with Crippen molar-refractivity contribution < 1.29 is 4.21 Å². The van der Waals surface area contributed by atoms with Crippen molar-refractivity contribution in [1.29, 1.82) is 0 Å². The van der Waals surface area contributed by atoms with Crippen LogP contribution in [0.1, 0.15) is 25.7 Å². The van der Waals surface area contributed by atoms with Crippen LogP contribution in [0.15, 0.2) is 4.99 Å². The molecule has 2 aliphatic rings. The molecule has 0 bridgehead atoms. The predicted molar refractivity (Wildman–Crippen MR) is 55.6 cm³/mol. The number of hydrogen-bond donors (Lipinski definition) is 1. The SMILES string of the molecule is O=S1CCC(NC2=NCCC2)CC1. The van der Waals surface area contributed by atoms with E-state index in [-0.39, 0.29) is 0 Å². The molecule has 0 unspecified atom stereocenters. The number of hydrogen-bond acceptors (Lipinski definition) is 3. The fraction of sp³-hybridized carbons (Fsp3) is 0.889. The summed E-state index contributed by atoms with van der Waals surface area (Å²) in [6.45, 7) is 0.987. The zero-order valence-electron chi connectivity index (χ0n) is 7.79. The molecule has 74 valence electrons. The Labute approximate surface area is 81.5 Å². The maximum atomic E-state index is 11.1. The Bertz CT molecular complexity index is 230. The molecule has 2 rings (SSSR count). The quantitative estimate of drug-likeness (QED) is 0.676. The Morgan fingerprint density at radius 1 is 1.38 bits per heavy atom. The van der Waals surface area contributed by atoms with Crippen molar-refractivity contribution in [2.24, 2.45) is 4.99 Å². The Balaban J connectivity index is 1.78. The van der Waals surface area contributed by atoms with E-state index in [0.717, 1.165) is 37.3 Å². The molecule has 0 spiro atoms. The lowest BCUT2D eigenvalue weighted by Crippen LogP contribution is -2.38. The average molecular weight is 200 g/mol. The topological polar surface area (TPSA) is 41.5 Å². The van der Waals surface area contributed by atoms with Gasteiger partial charge in [0.25, 0.3) is 0 Å². The van der Waals surface area contributed by atoms with Crippen LogP contribution in [-0.2, 0) is 10.8 Å². The Hall–Kier alpha value is -0.380. The van der Waals surface area contributed by atoms with Crippen LogP contribution in [0.4, 0.5) is 0 Å². The molecule has 13 heavy (non-hydrogen) atoms. The molecule has 1 fully saturated rings. The van der Waals surface area contributed by atoms with Gasteiger partial charge < -0.3 is 5.32 Å². The average Bonchev–Trinajstić information content (AvgIpc) is 2.62. The van der Waals surface area contributed by atoms with Crippen LogP contribution in [0, 0.1) is 0 Å². The second-order valence-corrected chi connectivity index (χ2v) is 5.39. The Kier molecular flexibility index (Phi) is 2.98. The van der Waals surface area contributed by atoms with E-state index < -0.39 is 10.8 Å². The molecule has 2 heterocycles. The maximum Gasteiger partial charge on any atom is 0.0965 e. The minimum Gasteiger partial charge on any atom is -0.371 e. The van der Waals surface area contributed by atoms with E-state index in [0.29, 0.717) is 6.04 Å². The Morgan fingerprint density at radius 2 is 2.15 bits per heavy atom. The highest BCUT2D eigenvalue weighted by Gasteiger charge is 2.19. The zero-order valence-corrected chi connectivity index (χ0v) is 8.61. The second-order valence-electron chi connectivity index (χ2n) is 3.70. The monoisotopic (exact) mass is 200 g/mol. The predicted octanol–water partition coefficient (Wildman–Crippen LogP) is 0.679. The first-order valence-corrected chi connectivity index (χ1v) is 6.48. The number of nitrogens with one attached hydrogen (secondary N) is 1. The molecule has 0 aromatic carbocycles. The molecular formula is C9H16N2OS. The van der Waals surface area contributed by atoms with Crippen molar-refractivity contribution in [3.05, 3.63) is 0 Å². The van der Waals surface area contributed by atoms with E-state index in [2.05, 4.69) is 10.3 Å². The molecule has 1 N–H and O–H groups in total. The molecular weight excluding hydrogens is 184 g/mol. The number of amidine groups is 1. The van der Waals surface area contributed by atoms with Gasteiger partial charge in [0.1, 0.15) is 0 Å². The first kappa shape index (κ1) is 9.19. The first-order chi connectivity index (χ1) is 6.34. The van der Waals surface area contributed by atoms with Crippen molar-refractivity contribution >= 4 is 16.6 Å². The summed E-state index contributed by atoms with van der Waals surface area (Å²) in [5, 5.41) is 3.45. The zero-order chi connectivity index (χ0) is 9.10. The minimum absolute atomic E-state index is 0.537. The molecule has 0 aliphatic carbocycles. The highest BCUT2D eigenvalue weighted by molar-refractivity contribution is 7.85. The van der Waals surface area contributed by atoms with Gasteiger partial charge in [-0.1, -0.05) is 0 Å². The summed E-state index contributed by atoms with van der Waals surface area (Å²) in [5.41, 5.74) is 0. The molecule has 0 aromatic heterocycles. The molecule has 4 heteroatoms. The fourth-order valence-corrected chi connectivity index (χ4v) is 3.13. The molecule has 0 radical (unpaired) electrons.